The number of carbonyl (C=O) groups is 2. The van der Waals surface area contributed by atoms with Gasteiger partial charge in [-0.05, 0) is 55.9 Å². The van der Waals surface area contributed by atoms with Gasteiger partial charge in [0.05, 0.1) is 25.0 Å². The fourth-order valence-electron chi connectivity index (χ4n) is 4.88. The molecule has 184 valence electrons. The van der Waals surface area contributed by atoms with Crippen LogP contribution in [0.3, 0.4) is 0 Å². The monoisotopic (exact) mass is 469 g/mol. The summed E-state index contributed by atoms with van der Waals surface area (Å²) >= 11 is 0. The highest BCUT2D eigenvalue weighted by Crippen LogP contribution is 2.38. The molecule has 0 bridgehead atoms. The van der Waals surface area contributed by atoms with Gasteiger partial charge in [0.25, 0.3) is 5.91 Å². The van der Waals surface area contributed by atoms with Crippen LogP contribution in [-0.2, 0) is 28.9 Å². The van der Waals surface area contributed by atoms with Crippen molar-refractivity contribution in [1.29, 1.82) is 0 Å². The number of aryl methyl sites for hydroxylation is 1. The van der Waals surface area contributed by atoms with Gasteiger partial charge in [-0.3, -0.25) is 9.48 Å². The lowest BCUT2D eigenvalue weighted by molar-refractivity contribution is 0.0159. The van der Waals surface area contributed by atoms with Gasteiger partial charge in [0.2, 0.25) is 0 Å². The number of amides is 1. The molecule has 1 amide bonds. The fourth-order valence-corrected chi connectivity index (χ4v) is 4.88. The summed E-state index contributed by atoms with van der Waals surface area (Å²) in [6, 6.07) is 6.88. The van der Waals surface area contributed by atoms with Crippen molar-refractivity contribution >= 4 is 11.9 Å². The van der Waals surface area contributed by atoms with Crippen molar-refractivity contribution in [2.24, 2.45) is 10.8 Å². The molecule has 8 nitrogen and oxygen atoms in total. The Hall–Kier alpha value is -2.87. The average molecular weight is 470 g/mol. The molecule has 3 heterocycles. The van der Waals surface area contributed by atoms with Crippen LogP contribution in [-0.4, -0.2) is 55.1 Å². The van der Waals surface area contributed by atoms with E-state index in [4.69, 9.17) is 19.3 Å². The summed E-state index contributed by atoms with van der Waals surface area (Å²) < 4.78 is 18.2. The number of ether oxygens (including phenoxy) is 3. The highest BCUT2D eigenvalue weighted by atomic mass is 16.5. The van der Waals surface area contributed by atoms with Gasteiger partial charge in [0, 0.05) is 43.7 Å². The maximum atomic E-state index is 13.0. The maximum absolute atomic E-state index is 13.0. The van der Waals surface area contributed by atoms with Crippen LogP contribution in [0.4, 0.5) is 0 Å². The molecule has 0 radical (unpaired) electrons. The van der Waals surface area contributed by atoms with E-state index in [1.54, 1.807) is 31.4 Å². The lowest BCUT2D eigenvalue weighted by Crippen LogP contribution is -2.40. The summed E-state index contributed by atoms with van der Waals surface area (Å²) in [5.41, 5.74) is 2.76. The summed E-state index contributed by atoms with van der Waals surface area (Å²) in [4.78, 5) is 25.6. The Labute approximate surface area is 201 Å². The van der Waals surface area contributed by atoms with Gasteiger partial charge in [-0.1, -0.05) is 13.8 Å². The zero-order valence-corrected chi connectivity index (χ0v) is 20.6. The lowest BCUT2D eigenvalue weighted by Gasteiger charge is -2.36. The number of methoxy groups -OCH3 is 1. The molecular formula is C26H35N3O5. The van der Waals surface area contributed by atoms with E-state index in [9.17, 15) is 9.59 Å². The van der Waals surface area contributed by atoms with E-state index in [-0.39, 0.29) is 29.3 Å². The van der Waals surface area contributed by atoms with Crippen LogP contribution in [0.2, 0.25) is 0 Å². The van der Waals surface area contributed by atoms with E-state index in [0.29, 0.717) is 36.5 Å². The summed E-state index contributed by atoms with van der Waals surface area (Å²) in [5, 5.41) is 7.99. The van der Waals surface area contributed by atoms with Crippen molar-refractivity contribution < 1.29 is 23.8 Å². The number of carbonyl (C=O) groups excluding carboxylic acids is 2. The van der Waals surface area contributed by atoms with Crippen LogP contribution < -0.4 is 10.1 Å². The maximum Gasteiger partial charge on any atom is 0.338 e. The van der Waals surface area contributed by atoms with Crippen LogP contribution in [0.1, 0.15) is 65.7 Å². The number of esters is 1. The van der Waals surface area contributed by atoms with E-state index < -0.39 is 0 Å². The summed E-state index contributed by atoms with van der Waals surface area (Å²) in [5.74, 6) is 0.271. The Balaban J connectivity index is 1.52. The third kappa shape index (κ3) is 5.12. The highest BCUT2D eigenvalue weighted by Gasteiger charge is 2.40. The summed E-state index contributed by atoms with van der Waals surface area (Å²) in [7, 11) is 1.59. The third-order valence-electron chi connectivity index (χ3n) is 6.94. The molecule has 2 aromatic rings. The SMILES string of the molecule is CCn1nc(CC(C)(C)COC(=O)c2ccc(OC)cc2)c2c1C(=O)NCC1(CCOCC1)C2. The van der Waals surface area contributed by atoms with Gasteiger partial charge >= 0.3 is 5.97 Å². The molecule has 0 saturated carbocycles. The Morgan fingerprint density at radius 1 is 1.24 bits per heavy atom. The minimum Gasteiger partial charge on any atom is -0.497 e. The van der Waals surface area contributed by atoms with E-state index in [2.05, 4.69) is 19.2 Å². The van der Waals surface area contributed by atoms with E-state index in [1.165, 1.54) is 0 Å². The van der Waals surface area contributed by atoms with Crippen molar-refractivity contribution in [2.75, 3.05) is 33.5 Å². The predicted molar refractivity (Wildman–Crippen MR) is 127 cm³/mol. The Bertz CT molecular complexity index is 1040. The number of hydrogen-bond acceptors (Lipinski definition) is 6. The molecule has 0 unspecified atom stereocenters. The smallest absolute Gasteiger partial charge is 0.338 e. The lowest BCUT2D eigenvalue weighted by atomic mass is 9.74. The first-order valence-electron chi connectivity index (χ1n) is 12.0. The van der Waals surface area contributed by atoms with Crippen LogP contribution in [0.25, 0.3) is 0 Å². The van der Waals surface area contributed by atoms with Gasteiger partial charge < -0.3 is 19.5 Å². The Morgan fingerprint density at radius 2 is 1.94 bits per heavy atom. The number of nitrogens with one attached hydrogen (secondary N) is 1. The Kier molecular flexibility index (Phi) is 6.98. The molecular weight excluding hydrogens is 434 g/mol. The molecule has 2 aliphatic heterocycles. The second kappa shape index (κ2) is 9.78. The zero-order chi connectivity index (χ0) is 24.3. The normalized spacial score (nSPS) is 17.6. The average Bonchev–Trinajstić information content (AvgIpc) is 3.10. The van der Waals surface area contributed by atoms with Gasteiger partial charge in [-0.15, -0.1) is 0 Å². The largest absolute Gasteiger partial charge is 0.497 e. The standard InChI is InChI=1S/C26H35N3O5/c1-5-29-22-20(14-26(16-27-23(22)30)10-12-33-13-11-26)21(28-29)15-25(2,3)17-34-24(31)18-6-8-19(32-4)9-7-18/h6-9H,5,10-17H2,1-4H3,(H,27,30). The summed E-state index contributed by atoms with van der Waals surface area (Å²) in [6.07, 6.45) is 3.26. The van der Waals surface area contributed by atoms with Crippen LogP contribution in [0.5, 0.6) is 5.75 Å². The molecule has 1 fully saturated rings. The van der Waals surface area contributed by atoms with Gasteiger partial charge in [-0.25, -0.2) is 4.79 Å². The molecule has 34 heavy (non-hydrogen) atoms. The number of rotatable bonds is 7. The molecule has 8 heteroatoms. The number of hydrogen-bond donors (Lipinski definition) is 1. The molecule has 1 saturated heterocycles. The minimum absolute atomic E-state index is 0.000486. The molecule has 1 spiro atoms. The quantitative estimate of drug-likeness (QED) is 0.625. The minimum atomic E-state index is -0.366. The molecule has 1 aromatic carbocycles. The molecule has 2 aliphatic rings. The number of fused-ring (bicyclic) bond motifs is 1. The third-order valence-corrected chi connectivity index (χ3v) is 6.94. The highest BCUT2D eigenvalue weighted by molar-refractivity contribution is 5.95. The van der Waals surface area contributed by atoms with E-state index >= 15 is 0 Å². The van der Waals surface area contributed by atoms with Gasteiger partial charge in [-0.2, -0.15) is 5.10 Å². The van der Waals surface area contributed by atoms with E-state index in [0.717, 1.165) is 43.7 Å². The molecule has 0 atom stereocenters. The van der Waals surface area contributed by atoms with Crippen molar-refractivity contribution in [3.63, 3.8) is 0 Å². The van der Waals surface area contributed by atoms with Crippen molar-refractivity contribution in [1.82, 2.24) is 15.1 Å². The number of nitrogens with zero attached hydrogens (tertiary/aromatic N) is 2. The predicted octanol–water partition coefficient (Wildman–Crippen LogP) is 3.42. The fraction of sp³-hybridized carbons (Fsp3) is 0.577. The second-order valence-electron chi connectivity index (χ2n) is 10.2. The Morgan fingerprint density at radius 3 is 2.59 bits per heavy atom. The molecule has 0 aliphatic carbocycles. The number of benzene rings is 1. The van der Waals surface area contributed by atoms with E-state index in [1.807, 2.05) is 11.6 Å². The molecule has 4 rings (SSSR count). The van der Waals surface area contributed by atoms with Crippen LogP contribution in [0.15, 0.2) is 24.3 Å². The first kappa shape index (κ1) is 24.3. The zero-order valence-electron chi connectivity index (χ0n) is 20.6. The second-order valence-corrected chi connectivity index (χ2v) is 10.2. The first-order chi connectivity index (χ1) is 16.3. The first-order valence-corrected chi connectivity index (χ1v) is 12.0. The van der Waals surface area contributed by atoms with Gasteiger partial charge in [0.1, 0.15) is 11.4 Å². The molecule has 1 aromatic heterocycles. The topological polar surface area (TPSA) is 91.7 Å². The van der Waals surface area contributed by atoms with Gasteiger partial charge in [0.15, 0.2) is 0 Å². The number of aromatic nitrogens is 2. The van der Waals surface area contributed by atoms with Crippen molar-refractivity contribution in [2.45, 2.75) is 53.0 Å². The van der Waals surface area contributed by atoms with Crippen LogP contribution >= 0.6 is 0 Å². The summed E-state index contributed by atoms with van der Waals surface area (Å²) in [6.45, 7) is 9.09. The molecule has 1 N–H and O–H groups in total. The van der Waals surface area contributed by atoms with Crippen LogP contribution in [0, 0.1) is 10.8 Å². The van der Waals surface area contributed by atoms with Crippen molar-refractivity contribution in [3.05, 3.63) is 46.8 Å². The van der Waals surface area contributed by atoms with Crippen molar-refractivity contribution in [3.8, 4) is 5.75 Å².